The highest BCUT2D eigenvalue weighted by Crippen LogP contribution is 2.29. The predicted molar refractivity (Wildman–Crippen MR) is 82.0 cm³/mol. The number of aliphatic hydroxyl groups excluding tert-OH is 1. The summed E-state index contributed by atoms with van der Waals surface area (Å²) in [6.45, 7) is 14.3. The number of carbonyl (C=O) groups excluding carboxylic acids is 1. The Labute approximate surface area is 118 Å². The fourth-order valence-electron chi connectivity index (χ4n) is 2.09. The molecule has 0 unspecified atom stereocenters. The first-order valence-electron chi connectivity index (χ1n) is 6.73. The van der Waals surface area contributed by atoms with Crippen LogP contribution in [0.5, 0.6) is 0 Å². The van der Waals surface area contributed by atoms with E-state index in [4.69, 9.17) is 11.6 Å². The summed E-state index contributed by atoms with van der Waals surface area (Å²) in [4.78, 5) is 11.8. The highest BCUT2D eigenvalue weighted by Gasteiger charge is 2.35. The number of hydrogen-bond donors (Lipinski definition) is 1. The summed E-state index contributed by atoms with van der Waals surface area (Å²) in [7, 11) is -1.39. The van der Waals surface area contributed by atoms with Crippen LogP contribution in [0.25, 0.3) is 0 Å². The van der Waals surface area contributed by atoms with Crippen molar-refractivity contribution >= 4 is 25.5 Å². The van der Waals surface area contributed by atoms with E-state index in [0.717, 1.165) is 6.04 Å². The summed E-state index contributed by atoms with van der Waals surface area (Å²) in [6, 6.07) is 0.831. The molecule has 0 fully saturated rings. The lowest BCUT2D eigenvalue weighted by Crippen LogP contribution is -2.39. The van der Waals surface area contributed by atoms with Gasteiger partial charge in [-0.2, -0.15) is 0 Å². The fourth-order valence-corrected chi connectivity index (χ4v) is 4.02. The number of rotatable bonds is 7. The van der Waals surface area contributed by atoms with E-state index in [1.165, 1.54) is 0 Å². The number of alkyl halides is 1. The Kier molecular flexibility index (Phi) is 6.58. The van der Waals surface area contributed by atoms with E-state index in [1.54, 1.807) is 0 Å². The maximum absolute atomic E-state index is 12.4. The summed E-state index contributed by atoms with van der Waals surface area (Å²) in [5, 5.41) is 10.3. The largest absolute Gasteiger partial charge is 0.392 e. The molecule has 0 saturated heterocycles. The standard InChI is InChI=1S/C14H29ClO2Si/c1-10(2)13(17)11(9-18(5,6)7)12(16)8-14(3,4)15/h10-11,13,17H,8-9H2,1-7H3/t11-,13-/m1/s1. The number of carbonyl (C=O) groups is 1. The molecule has 0 spiro atoms. The molecule has 1 N–H and O–H groups in total. The lowest BCUT2D eigenvalue weighted by molar-refractivity contribution is -0.127. The van der Waals surface area contributed by atoms with Crippen molar-refractivity contribution in [2.75, 3.05) is 0 Å². The van der Waals surface area contributed by atoms with Crippen LogP contribution in [0.2, 0.25) is 25.7 Å². The second-order valence-electron chi connectivity index (χ2n) is 7.47. The van der Waals surface area contributed by atoms with Gasteiger partial charge in [-0.25, -0.2) is 0 Å². The van der Waals surface area contributed by atoms with Crippen molar-refractivity contribution < 1.29 is 9.90 Å². The van der Waals surface area contributed by atoms with Gasteiger partial charge in [-0.1, -0.05) is 33.5 Å². The average Bonchev–Trinajstić information content (AvgIpc) is 2.08. The lowest BCUT2D eigenvalue weighted by Gasteiger charge is -2.31. The molecule has 2 nitrogen and oxygen atoms in total. The van der Waals surface area contributed by atoms with Crippen LogP contribution in [0.1, 0.15) is 34.1 Å². The molecular formula is C14H29ClO2Si. The minimum atomic E-state index is -1.39. The van der Waals surface area contributed by atoms with Crippen LogP contribution >= 0.6 is 11.6 Å². The SMILES string of the molecule is CC(C)[C@@H](O)[C@H](C[Si](C)(C)C)C(=O)CC(C)(C)Cl. The minimum absolute atomic E-state index is 0.105. The van der Waals surface area contributed by atoms with Crippen LogP contribution in [0.15, 0.2) is 0 Å². The van der Waals surface area contributed by atoms with Gasteiger partial charge in [0.25, 0.3) is 0 Å². The number of aliphatic hydroxyl groups is 1. The first kappa shape index (κ1) is 18.1. The Morgan fingerprint density at radius 1 is 1.28 bits per heavy atom. The van der Waals surface area contributed by atoms with E-state index in [-0.39, 0.29) is 17.6 Å². The predicted octanol–water partition coefficient (Wildman–Crippen LogP) is 3.93. The van der Waals surface area contributed by atoms with Gasteiger partial charge in [0.2, 0.25) is 0 Å². The Morgan fingerprint density at radius 2 is 1.72 bits per heavy atom. The highest BCUT2D eigenvalue weighted by molar-refractivity contribution is 6.76. The van der Waals surface area contributed by atoms with E-state index < -0.39 is 19.1 Å². The zero-order valence-electron chi connectivity index (χ0n) is 12.9. The second-order valence-corrected chi connectivity index (χ2v) is 14.0. The van der Waals surface area contributed by atoms with Crippen molar-refractivity contribution in [1.82, 2.24) is 0 Å². The molecule has 0 radical (unpaired) electrons. The van der Waals surface area contributed by atoms with E-state index in [1.807, 2.05) is 27.7 Å². The minimum Gasteiger partial charge on any atom is -0.392 e. The Balaban J connectivity index is 4.92. The van der Waals surface area contributed by atoms with Gasteiger partial charge in [-0.3, -0.25) is 4.79 Å². The molecule has 2 atom stereocenters. The van der Waals surface area contributed by atoms with Crippen LogP contribution in [-0.2, 0) is 4.79 Å². The second kappa shape index (κ2) is 6.53. The van der Waals surface area contributed by atoms with Gasteiger partial charge in [0.05, 0.1) is 6.10 Å². The van der Waals surface area contributed by atoms with Crippen molar-refractivity contribution in [3.63, 3.8) is 0 Å². The van der Waals surface area contributed by atoms with Crippen molar-refractivity contribution in [2.24, 2.45) is 11.8 Å². The van der Waals surface area contributed by atoms with Gasteiger partial charge in [0.1, 0.15) is 5.78 Å². The molecule has 0 aliphatic rings. The first-order valence-corrected chi connectivity index (χ1v) is 10.8. The number of ketones is 1. The van der Waals surface area contributed by atoms with Crippen LogP contribution in [0.3, 0.4) is 0 Å². The Bertz CT molecular complexity index is 276. The van der Waals surface area contributed by atoms with Crippen molar-refractivity contribution in [3.05, 3.63) is 0 Å². The molecule has 0 aromatic carbocycles. The summed E-state index contributed by atoms with van der Waals surface area (Å²) < 4.78 is 0. The topological polar surface area (TPSA) is 37.3 Å². The van der Waals surface area contributed by atoms with Crippen molar-refractivity contribution in [3.8, 4) is 0 Å². The molecular weight excluding hydrogens is 264 g/mol. The van der Waals surface area contributed by atoms with Gasteiger partial charge >= 0.3 is 0 Å². The molecule has 0 amide bonds. The van der Waals surface area contributed by atoms with E-state index in [2.05, 4.69) is 19.6 Å². The Morgan fingerprint density at radius 3 is 2.00 bits per heavy atom. The maximum Gasteiger partial charge on any atom is 0.140 e. The van der Waals surface area contributed by atoms with Gasteiger partial charge in [-0.05, 0) is 25.8 Å². The van der Waals surface area contributed by atoms with E-state index >= 15 is 0 Å². The van der Waals surface area contributed by atoms with Gasteiger partial charge in [-0.15, -0.1) is 11.6 Å². The molecule has 0 aliphatic carbocycles. The van der Waals surface area contributed by atoms with Crippen LogP contribution < -0.4 is 0 Å². The fraction of sp³-hybridized carbons (Fsp3) is 0.929. The number of Topliss-reactive ketones (excluding diaryl/α,β-unsaturated/α-hetero) is 1. The third-order valence-electron chi connectivity index (χ3n) is 2.94. The average molecular weight is 293 g/mol. The molecule has 0 heterocycles. The number of hydrogen-bond acceptors (Lipinski definition) is 2. The molecule has 18 heavy (non-hydrogen) atoms. The van der Waals surface area contributed by atoms with Gasteiger partial charge in [0.15, 0.2) is 0 Å². The first-order chi connectivity index (χ1) is 7.83. The molecule has 0 aromatic rings. The molecule has 108 valence electrons. The van der Waals surface area contributed by atoms with E-state index in [0.29, 0.717) is 6.42 Å². The van der Waals surface area contributed by atoms with Crippen molar-refractivity contribution in [2.45, 2.75) is 70.8 Å². The molecule has 0 bridgehead atoms. The molecule has 0 rings (SSSR count). The summed E-state index contributed by atoms with van der Waals surface area (Å²) in [5.41, 5.74) is 0. The number of halogens is 1. The van der Waals surface area contributed by atoms with Gasteiger partial charge < -0.3 is 5.11 Å². The van der Waals surface area contributed by atoms with Crippen LogP contribution in [0, 0.1) is 11.8 Å². The molecule has 0 saturated carbocycles. The third-order valence-corrected chi connectivity index (χ3v) is 4.73. The Hall–Kier alpha value is 0.137. The molecule has 0 aliphatic heterocycles. The zero-order chi connectivity index (χ0) is 14.7. The monoisotopic (exact) mass is 292 g/mol. The highest BCUT2D eigenvalue weighted by atomic mass is 35.5. The summed E-state index contributed by atoms with van der Waals surface area (Å²) >= 11 is 6.14. The smallest absolute Gasteiger partial charge is 0.140 e. The summed E-state index contributed by atoms with van der Waals surface area (Å²) in [5.74, 6) is -0.0398. The maximum atomic E-state index is 12.4. The van der Waals surface area contributed by atoms with E-state index in [9.17, 15) is 9.90 Å². The zero-order valence-corrected chi connectivity index (χ0v) is 14.6. The normalized spacial score (nSPS) is 16.8. The van der Waals surface area contributed by atoms with Crippen LogP contribution in [-0.4, -0.2) is 29.9 Å². The third kappa shape index (κ3) is 7.55. The molecule has 4 heteroatoms. The quantitative estimate of drug-likeness (QED) is 0.570. The van der Waals surface area contributed by atoms with Crippen LogP contribution in [0.4, 0.5) is 0 Å². The van der Waals surface area contributed by atoms with Crippen molar-refractivity contribution in [1.29, 1.82) is 0 Å². The van der Waals surface area contributed by atoms with Gasteiger partial charge in [0, 0.05) is 25.3 Å². The molecule has 0 aromatic heterocycles. The lowest BCUT2D eigenvalue weighted by atomic mass is 9.87. The summed E-state index contributed by atoms with van der Waals surface area (Å²) in [6.07, 6.45) is -0.226.